The zero-order valence-corrected chi connectivity index (χ0v) is 17.1. The van der Waals surface area contributed by atoms with Gasteiger partial charge in [-0.15, -0.1) is 0 Å². The molecule has 5 heterocycles. The number of hydrogen-bond donors (Lipinski definition) is 0. The lowest BCUT2D eigenvalue weighted by Gasteiger charge is -2.38. The van der Waals surface area contributed by atoms with Crippen LogP contribution in [-0.2, 0) is 4.79 Å². The Morgan fingerprint density at radius 1 is 1.00 bits per heavy atom. The fraction of sp³-hybridized carbons (Fsp3) is 0.250. The van der Waals surface area contributed by atoms with Crippen molar-refractivity contribution in [1.82, 2.24) is 24.3 Å². The Morgan fingerprint density at radius 3 is 2.63 bits per heavy atom. The first-order valence-corrected chi connectivity index (χ1v) is 10.2. The van der Waals surface area contributed by atoms with Gasteiger partial charge in [0, 0.05) is 43.2 Å². The van der Waals surface area contributed by atoms with E-state index >= 15 is 0 Å². The van der Waals surface area contributed by atoms with Gasteiger partial charge in [-0.05, 0) is 49.9 Å². The number of fused-ring (bicyclic) bond motifs is 1. The molecule has 0 spiro atoms. The Hall–Kier alpha value is -3.38. The van der Waals surface area contributed by atoms with Crippen molar-refractivity contribution < 1.29 is 4.79 Å². The highest BCUT2D eigenvalue weighted by atomic mass is 16.1. The number of likely N-dealkylation sites (tertiary alicyclic amines) is 1. The number of pyridine rings is 3. The van der Waals surface area contributed by atoms with E-state index in [9.17, 15) is 4.79 Å². The van der Waals surface area contributed by atoms with Crippen molar-refractivity contribution in [2.24, 2.45) is 0 Å². The number of nitrogens with zero attached hydrogens (tertiary/aromatic N) is 5. The lowest BCUT2D eigenvalue weighted by Crippen LogP contribution is -2.37. The van der Waals surface area contributed by atoms with Crippen LogP contribution in [0.25, 0.3) is 16.9 Å². The summed E-state index contributed by atoms with van der Waals surface area (Å²) in [5, 5.41) is 0. The van der Waals surface area contributed by atoms with Gasteiger partial charge < -0.3 is 0 Å². The summed E-state index contributed by atoms with van der Waals surface area (Å²) in [4.78, 5) is 28.7. The van der Waals surface area contributed by atoms with Crippen molar-refractivity contribution in [2.75, 3.05) is 7.05 Å². The number of ketones is 1. The molecule has 6 heteroatoms. The van der Waals surface area contributed by atoms with E-state index in [1.165, 1.54) is 0 Å². The second-order valence-electron chi connectivity index (χ2n) is 7.90. The molecule has 0 saturated carbocycles. The predicted molar refractivity (Wildman–Crippen MR) is 115 cm³/mol. The second kappa shape index (κ2) is 7.46. The molecule has 0 radical (unpaired) electrons. The van der Waals surface area contributed by atoms with Crippen molar-refractivity contribution in [3.8, 4) is 11.3 Å². The van der Waals surface area contributed by atoms with Gasteiger partial charge in [-0.2, -0.15) is 0 Å². The van der Waals surface area contributed by atoms with Crippen LogP contribution in [-0.4, -0.2) is 37.1 Å². The fourth-order valence-electron chi connectivity index (χ4n) is 4.41. The lowest BCUT2D eigenvalue weighted by atomic mass is 9.90. The Bertz CT molecular complexity index is 1220. The third-order valence-corrected chi connectivity index (χ3v) is 6.00. The molecule has 4 aromatic heterocycles. The lowest BCUT2D eigenvalue weighted by molar-refractivity contribution is -0.125. The Balaban J connectivity index is 1.56. The van der Waals surface area contributed by atoms with Crippen LogP contribution in [0.5, 0.6) is 0 Å². The number of carbonyl (C=O) groups excluding carboxylic acids is 1. The maximum atomic E-state index is 12.7. The summed E-state index contributed by atoms with van der Waals surface area (Å²) >= 11 is 0. The molecule has 2 unspecified atom stereocenters. The number of imidazole rings is 1. The summed E-state index contributed by atoms with van der Waals surface area (Å²) in [7, 11) is 2.07. The quantitative estimate of drug-likeness (QED) is 0.519. The van der Waals surface area contributed by atoms with Gasteiger partial charge >= 0.3 is 0 Å². The summed E-state index contributed by atoms with van der Waals surface area (Å²) in [6.07, 6.45) is 8.43. The number of piperidine rings is 1. The fourth-order valence-corrected chi connectivity index (χ4v) is 4.41. The third kappa shape index (κ3) is 3.19. The zero-order chi connectivity index (χ0) is 20.7. The van der Waals surface area contributed by atoms with Crippen LogP contribution in [0.3, 0.4) is 0 Å². The third-order valence-electron chi connectivity index (χ3n) is 6.00. The van der Waals surface area contributed by atoms with Crippen LogP contribution in [0.15, 0.2) is 67.3 Å². The molecule has 6 nitrogen and oxygen atoms in total. The summed E-state index contributed by atoms with van der Waals surface area (Å²) in [6.45, 7) is 2.05. The molecule has 1 fully saturated rings. The smallest absolute Gasteiger partial charge is 0.137 e. The van der Waals surface area contributed by atoms with E-state index in [4.69, 9.17) is 4.98 Å². The number of Topliss-reactive ketones (excluding diaryl/α,β-unsaturated/α-hetero) is 1. The summed E-state index contributed by atoms with van der Waals surface area (Å²) in [5.41, 5.74) is 5.90. The standard InChI is InChI=1S/C24H23N5O/c1-16-6-4-11-26-24(16)22-13-18(30)12-21(28(22)2)19-15-29-20(8-3-9-23(29)27-19)17-7-5-10-25-14-17/h3-11,14-15,21-22H,12-13H2,1-2H3. The topological polar surface area (TPSA) is 63.4 Å². The average molecular weight is 397 g/mol. The molecule has 5 rings (SSSR count). The predicted octanol–water partition coefficient (Wildman–Crippen LogP) is 4.18. The van der Waals surface area contributed by atoms with E-state index in [-0.39, 0.29) is 17.9 Å². The maximum Gasteiger partial charge on any atom is 0.137 e. The Morgan fingerprint density at radius 2 is 1.83 bits per heavy atom. The van der Waals surface area contributed by atoms with Gasteiger partial charge in [-0.25, -0.2) is 4.98 Å². The molecule has 1 aliphatic heterocycles. The van der Waals surface area contributed by atoms with E-state index in [1.54, 1.807) is 12.4 Å². The van der Waals surface area contributed by atoms with E-state index < -0.39 is 0 Å². The van der Waals surface area contributed by atoms with Crippen LogP contribution in [0.4, 0.5) is 0 Å². The van der Waals surface area contributed by atoms with Gasteiger partial charge in [0.15, 0.2) is 0 Å². The van der Waals surface area contributed by atoms with Crippen LogP contribution in [0, 0.1) is 6.92 Å². The first kappa shape index (κ1) is 18.6. The molecule has 4 aromatic rings. The number of hydrogen-bond acceptors (Lipinski definition) is 5. The number of aromatic nitrogens is 4. The van der Waals surface area contributed by atoms with E-state index in [0.717, 1.165) is 33.9 Å². The van der Waals surface area contributed by atoms with Crippen LogP contribution in [0.1, 0.15) is 41.9 Å². The van der Waals surface area contributed by atoms with E-state index in [0.29, 0.717) is 12.8 Å². The summed E-state index contributed by atoms with van der Waals surface area (Å²) in [5.74, 6) is 0.248. The molecular weight excluding hydrogens is 374 g/mol. The zero-order valence-electron chi connectivity index (χ0n) is 17.1. The summed E-state index contributed by atoms with van der Waals surface area (Å²) < 4.78 is 2.08. The Labute approximate surface area is 175 Å². The monoisotopic (exact) mass is 397 g/mol. The molecule has 1 saturated heterocycles. The minimum atomic E-state index is -0.0840. The molecule has 2 atom stereocenters. The molecular formula is C24H23N5O. The molecule has 0 bridgehead atoms. The minimum absolute atomic E-state index is 0.0416. The number of carbonyl (C=O) groups is 1. The largest absolute Gasteiger partial charge is 0.300 e. The minimum Gasteiger partial charge on any atom is -0.300 e. The van der Waals surface area contributed by atoms with Crippen LogP contribution in [0.2, 0.25) is 0 Å². The SMILES string of the molecule is Cc1cccnc1C1CC(=O)CC(c2cn3c(-c4cccnc4)cccc3n2)N1C. The Kier molecular flexibility index (Phi) is 4.64. The number of aryl methyl sites for hydroxylation is 1. The van der Waals surface area contributed by atoms with Crippen molar-refractivity contribution in [1.29, 1.82) is 0 Å². The molecule has 30 heavy (non-hydrogen) atoms. The summed E-state index contributed by atoms with van der Waals surface area (Å²) in [6, 6.07) is 13.9. The van der Waals surface area contributed by atoms with Gasteiger partial charge in [0.2, 0.25) is 0 Å². The van der Waals surface area contributed by atoms with Gasteiger partial charge in [0.25, 0.3) is 0 Å². The highest BCUT2D eigenvalue weighted by Crippen LogP contribution is 2.39. The maximum absolute atomic E-state index is 12.7. The van der Waals surface area contributed by atoms with Crippen molar-refractivity contribution >= 4 is 11.4 Å². The van der Waals surface area contributed by atoms with Gasteiger partial charge in [-0.3, -0.25) is 24.1 Å². The van der Waals surface area contributed by atoms with Crippen molar-refractivity contribution in [3.05, 3.63) is 84.2 Å². The van der Waals surface area contributed by atoms with Crippen LogP contribution < -0.4 is 0 Å². The van der Waals surface area contributed by atoms with Gasteiger partial charge in [0.05, 0.1) is 29.2 Å². The van der Waals surface area contributed by atoms with E-state index in [1.807, 2.05) is 36.5 Å². The highest BCUT2D eigenvalue weighted by Gasteiger charge is 2.36. The highest BCUT2D eigenvalue weighted by molar-refractivity contribution is 5.81. The average Bonchev–Trinajstić information content (AvgIpc) is 3.20. The molecule has 0 amide bonds. The van der Waals surface area contributed by atoms with E-state index in [2.05, 4.69) is 51.6 Å². The normalized spacial score (nSPS) is 20.0. The van der Waals surface area contributed by atoms with Crippen molar-refractivity contribution in [3.63, 3.8) is 0 Å². The molecule has 1 aliphatic rings. The number of rotatable bonds is 3. The molecule has 0 N–H and O–H groups in total. The van der Waals surface area contributed by atoms with Crippen molar-refractivity contribution in [2.45, 2.75) is 31.8 Å². The molecule has 0 aliphatic carbocycles. The second-order valence-corrected chi connectivity index (χ2v) is 7.90. The van der Waals surface area contributed by atoms with Crippen LogP contribution >= 0.6 is 0 Å². The molecule has 0 aromatic carbocycles. The van der Waals surface area contributed by atoms with Gasteiger partial charge in [-0.1, -0.05) is 12.1 Å². The first-order chi connectivity index (χ1) is 14.6. The first-order valence-electron chi connectivity index (χ1n) is 10.2. The van der Waals surface area contributed by atoms with Gasteiger partial charge in [0.1, 0.15) is 11.4 Å². The molecule has 150 valence electrons.